The number of para-hydroxylation sites is 1. The van der Waals surface area contributed by atoms with E-state index in [0.29, 0.717) is 11.3 Å². The van der Waals surface area contributed by atoms with Gasteiger partial charge in [-0.25, -0.2) is 13.2 Å². The Balaban J connectivity index is 0.00000102. The molecule has 0 saturated heterocycles. The summed E-state index contributed by atoms with van der Waals surface area (Å²) in [6.07, 6.45) is 4.06. The molecule has 1 aromatic rings. The molecule has 0 radical (unpaired) electrons. The first-order valence-corrected chi connectivity index (χ1v) is 9.34. The molecule has 1 aliphatic rings. The van der Waals surface area contributed by atoms with E-state index in [1.54, 1.807) is 31.2 Å². The summed E-state index contributed by atoms with van der Waals surface area (Å²) >= 11 is 4.64. The number of aliphatic carboxylic acids is 1. The highest BCUT2D eigenvalue weighted by Gasteiger charge is 2.33. The van der Waals surface area contributed by atoms with Crippen LogP contribution in [-0.2, 0) is 14.8 Å². The Morgan fingerprint density at radius 1 is 1.23 bits per heavy atom. The van der Waals surface area contributed by atoms with E-state index in [4.69, 9.17) is 5.11 Å². The zero-order valence-electron chi connectivity index (χ0n) is 13.4. The molecule has 1 aromatic carbocycles. The Morgan fingerprint density at radius 2 is 1.73 bits per heavy atom. The minimum atomic E-state index is -3.53. The van der Waals surface area contributed by atoms with Crippen LogP contribution in [0.2, 0.25) is 0 Å². The van der Waals surface area contributed by atoms with Crippen LogP contribution in [0.4, 0.5) is 5.69 Å². The van der Waals surface area contributed by atoms with Gasteiger partial charge in [0.2, 0.25) is 10.0 Å². The molecule has 0 spiro atoms. The SMILES string of the molecule is CC.CCl.C[C@@H]1C(C(=O)O)=Cc2ccccc2N1S(C)(=O)=O. The van der Waals surface area contributed by atoms with Gasteiger partial charge in [-0.05, 0) is 24.6 Å². The first-order valence-electron chi connectivity index (χ1n) is 6.73. The molecule has 0 bridgehead atoms. The zero-order valence-corrected chi connectivity index (χ0v) is 14.9. The molecule has 0 aromatic heterocycles. The lowest BCUT2D eigenvalue weighted by Crippen LogP contribution is -2.42. The Bertz CT molecular complexity index is 641. The third kappa shape index (κ3) is 4.48. The van der Waals surface area contributed by atoms with Crippen LogP contribution in [0.1, 0.15) is 26.3 Å². The Kier molecular flexibility index (Phi) is 8.19. The van der Waals surface area contributed by atoms with Crippen molar-refractivity contribution in [3.8, 4) is 0 Å². The number of hydrogen-bond acceptors (Lipinski definition) is 3. The topological polar surface area (TPSA) is 74.7 Å². The van der Waals surface area contributed by atoms with Crippen molar-refractivity contribution in [2.24, 2.45) is 0 Å². The Labute approximate surface area is 137 Å². The highest BCUT2D eigenvalue weighted by Crippen LogP contribution is 2.34. The van der Waals surface area contributed by atoms with Gasteiger partial charge < -0.3 is 5.11 Å². The van der Waals surface area contributed by atoms with E-state index in [0.717, 1.165) is 10.6 Å². The second-order valence-corrected chi connectivity index (χ2v) is 6.06. The minimum absolute atomic E-state index is 0.0686. The van der Waals surface area contributed by atoms with Gasteiger partial charge >= 0.3 is 5.97 Å². The summed E-state index contributed by atoms with van der Waals surface area (Å²) in [6, 6.07) is 6.12. The van der Waals surface area contributed by atoms with E-state index in [9.17, 15) is 13.2 Å². The summed E-state index contributed by atoms with van der Waals surface area (Å²) in [5, 5.41) is 9.13. The fraction of sp³-hybridized carbons (Fsp3) is 0.400. The predicted octanol–water partition coefficient (Wildman–Crippen LogP) is 3.20. The normalized spacial score (nSPS) is 16.2. The quantitative estimate of drug-likeness (QED) is 0.833. The van der Waals surface area contributed by atoms with E-state index >= 15 is 0 Å². The van der Waals surface area contributed by atoms with Gasteiger partial charge in [-0.1, -0.05) is 32.0 Å². The lowest BCUT2D eigenvalue weighted by atomic mass is 9.99. The van der Waals surface area contributed by atoms with Crippen LogP contribution in [0.15, 0.2) is 29.8 Å². The number of anilines is 1. The van der Waals surface area contributed by atoms with Crippen LogP contribution in [0.3, 0.4) is 0 Å². The highest BCUT2D eigenvalue weighted by molar-refractivity contribution is 7.92. The molecule has 1 N–H and O–H groups in total. The van der Waals surface area contributed by atoms with Gasteiger partial charge in [-0.2, -0.15) is 0 Å². The fourth-order valence-corrected chi connectivity index (χ4v) is 3.35. The number of nitrogens with zero attached hydrogens (tertiary/aromatic N) is 1. The molecule has 0 saturated carbocycles. The number of carboxylic acids is 1. The van der Waals surface area contributed by atoms with Crippen molar-refractivity contribution < 1.29 is 18.3 Å². The number of halogens is 1. The number of carboxylic acid groups (broad SMARTS) is 1. The monoisotopic (exact) mass is 347 g/mol. The maximum atomic E-state index is 11.8. The summed E-state index contributed by atoms with van der Waals surface area (Å²) in [6.45, 7) is 5.57. The third-order valence-electron chi connectivity index (χ3n) is 2.89. The van der Waals surface area contributed by atoms with E-state index < -0.39 is 22.0 Å². The molecule has 7 heteroatoms. The standard InChI is InChI=1S/C12H13NO4S.C2H6.CH3Cl/c1-8-10(12(14)15)7-9-5-3-4-6-11(9)13(8)18(2,16)17;2*1-2/h3-8H,1-2H3,(H,14,15);1-2H3;1H3/t8-;;/m1../s1. The molecule has 1 atom stereocenters. The van der Waals surface area contributed by atoms with Gasteiger partial charge in [0.15, 0.2) is 0 Å². The number of benzene rings is 1. The lowest BCUT2D eigenvalue weighted by molar-refractivity contribution is -0.132. The molecule has 0 amide bonds. The van der Waals surface area contributed by atoms with E-state index in [1.807, 2.05) is 13.8 Å². The summed E-state index contributed by atoms with van der Waals surface area (Å²) in [5.74, 6) is -1.11. The summed E-state index contributed by atoms with van der Waals surface area (Å²) in [4.78, 5) is 11.2. The second kappa shape index (κ2) is 8.80. The molecule has 0 unspecified atom stereocenters. The molecule has 5 nitrogen and oxygen atoms in total. The van der Waals surface area contributed by atoms with E-state index in [-0.39, 0.29) is 5.57 Å². The third-order valence-corrected chi connectivity index (χ3v) is 4.12. The molecular formula is C15H22ClNO4S. The maximum Gasteiger partial charge on any atom is 0.333 e. The second-order valence-electron chi connectivity index (χ2n) is 4.20. The van der Waals surface area contributed by atoms with E-state index in [2.05, 4.69) is 11.6 Å². The molecule has 22 heavy (non-hydrogen) atoms. The fourth-order valence-electron chi connectivity index (χ4n) is 2.14. The highest BCUT2D eigenvalue weighted by atomic mass is 35.5. The summed E-state index contributed by atoms with van der Waals surface area (Å²) in [7, 11) is -3.53. The van der Waals surface area contributed by atoms with Gasteiger partial charge in [0.05, 0.1) is 23.6 Å². The number of sulfonamides is 1. The van der Waals surface area contributed by atoms with Crippen molar-refractivity contribution in [1.29, 1.82) is 0 Å². The van der Waals surface area contributed by atoms with Crippen molar-refractivity contribution in [1.82, 2.24) is 0 Å². The number of alkyl halides is 1. The predicted molar refractivity (Wildman–Crippen MR) is 92.0 cm³/mol. The first kappa shape index (κ1) is 20.5. The number of rotatable bonds is 2. The van der Waals surface area contributed by atoms with Crippen molar-refractivity contribution in [2.75, 3.05) is 16.9 Å². The van der Waals surface area contributed by atoms with Gasteiger partial charge in [0.1, 0.15) is 0 Å². The molecule has 1 aliphatic heterocycles. The van der Waals surface area contributed by atoms with Crippen LogP contribution < -0.4 is 4.31 Å². The molecule has 0 fully saturated rings. The smallest absolute Gasteiger partial charge is 0.333 e. The van der Waals surface area contributed by atoms with Crippen LogP contribution >= 0.6 is 11.6 Å². The number of fused-ring (bicyclic) bond motifs is 1. The largest absolute Gasteiger partial charge is 0.478 e. The van der Waals surface area contributed by atoms with Crippen molar-refractivity contribution >= 4 is 39.4 Å². The van der Waals surface area contributed by atoms with Gasteiger partial charge in [0.25, 0.3) is 0 Å². The molecule has 0 aliphatic carbocycles. The zero-order chi connectivity index (χ0) is 17.5. The summed E-state index contributed by atoms with van der Waals surface area (Å²) in [5.41, 5.74) is 1.18. The molecule has 1 heterocycles. The molecule has 124 valence electrons. The minimum Gasteiger partial charge on any atom is -0.478 e. The van der Waals surface area contributed by atoms with Crippen molar-refractivity contribution in [3.05, 3.63) is 35.4 Å². The Hall–Kier alpha value is -1.53. The van der Waals surface area contributed by atoms with E-state index in [1.165, 1.54) is 12.5 Å². The Morgan fingerprint density at radius 3 is 2.18 bits per heavy atom. The van der Waals surface area contributed by atoms with Gasteiger partial charge in [-0.15, -0.1) is 11.6 Å². The lowest BCUT2D eigenvalue weighted by Gasteiger charge is -2.33. The summed E-state index contributed by atoms with van der Waals surface area (Å²) < 4.78 is 24.8. The number of hydrogen-bond donors (Lipinski definition) is 1. The van der Waals surface area contributed by atoms with Gasteiger partial charge in [-0.3, -0.25) is 4.31 Å². The molecular weight excluding hydrogens is 326 g/mol. The maximum absolute atomic E-state index is 11.8. The molecule has 2 rings (SSSR count). The number of carbonyl (C=O) groups is 1. The van der Waals surface area contributed by atoms with Crippen LogP contribution in [-0.4, -0.2) is 38.2 Å². The van der Waals surface area contributed by atoms with Crippen molar-refractivity contribution in [2.45, 2.75) is 26.8 Å². The van der Waals surface area contributed by atoms with Crippen molar-refractivity contribution in [3.63, 3.8) is 0 Å². The van der Waals surface area contributed by atoms with Crippen LogP contribution in [0.5, 0.6) is 0 Å². The van der Waals surface area contributed by atoms with Gasteiger partial charge in [0, 0.05) is 6.38 Å². The first-order chi connectivity index (χ1) is 10.3. The average molecular weight is 348 g/mol. The van der Waals surface area contributed by atoms with Crippen LogP contribution in [0, 0.1) is 0 Å². The van der Waals surface area contributed by atoms with Crippen LogP contribution in [0.25, 0.3) is 6.08 Å². The average Bonchev–Trinajstić information content (AvgIpc) is 2.49.